The molecule has 0 aromatic heterocycles. The van der Waals surface area contributed by atoms with Crippen molar-refractivity contribution < 1.29 is 34.5 Å². The second-order valence-corrected chi connectivity index (χ2v) is 10.2. The van der Waals surface area contributed by atoms with Gasteiger partial charge in [-0.25, -0.2) is 9.59 Å². The third-order valence-electron chi connectivity index (χ3n) is 5.99. The lowest BCUT2D eigenvalue weighted by Gasteiger charge is -2.28. The molecule has 6 N–H and O–H groups in total. The minimum atomic E-state index is -1.16. The van der Waals surface area contributed by atoms with Gasteiger partial charge in [0.2, 0.25) is 5.91 Å². The molecule has 12 heteroatoms. The first-order valence-corrected chi connectivity index (χ1v) is 12.0. The fraction of sp³-hybridized carbons (Fsp3) is 0.455. The first kappa shape index (κ1) is 26.1. The molecule has 1 aromatic rings. The van der Waals surface area contributed by atoms with Crippen molar-refractivity contribution in [3.8, 4) is 0 Å². The fourth-order valence-electron chi connectivity index (χ4n) is 4.28. The quantitative estimate of drug-likeness (QED) is 0.240. The summed E-state index contributed by atoms with van der Waals surface area (Å²) in [6, 6.07) is 4.79. The summed E-state index contributed by atoms with van der Waals surface area (Å²) in [5.41, 5.74) is 0.420. The Morgan fingerprint density at radius 2 is 1.91 bits per heavy atom. The van der Waals surface area contributed by atoms with Crippen LogP contribution in [0.4, 0.5) is 5.69 Å². The molecule has 0 aliphatic carbocycles. The van der Waals surface area contributed by atoms with E-state index in [9.17, 15) is 29.4 Å². The van der Waals surface area contributed by atoms with Crippen molar-refractivity contribution in [2.75, 3.05) is 11.9 Å². The molecule has 184 valence electrons. The molecule has 34 heavy (non-hydrogen) atoms. The Morgan fingerprint density at radius 1 is 1.21 bits per heavy atom. The van der Waals surface area contributed by atoms with E-state index < -0.39 is 41.2 Å². The van der Waals surface area contributed by atoms with Gasteiger partial charge in [0.1, 0.15) is 5.70 Å². The number of aliphatic hydroxyl groups excluding tert-OH is 1. The topological polar surface area (TPSA) is 165 Å². The zero-order valence-electron chi connectivity index (χ0n) is 18.5. The van der Waals surface area contributed by atoms with E-state index in [0.29, 0.717) is 23.6 Å². The number of anilines is 1. The molecule has 1 amide bonds. The van der Waals surface area contributed by atoms with Crippen LogP contribution in [0, 0.1) is 11.8 Å². The van der Waals surface area contributed by atoms with Gasteiger partial charge in [0, 0.05) is 34.3 Å². The number of rotatable bonds is 9. The molecule has 2 aliphatic heterocycles. The lowest BCUT2D eigenvalue weighted by atomic mass is 9.88. The van der Waals surface area contributed by atoms with Gasteiger partial charge in [-0.3, -0.25) is 9.59 Å². The van der Waals surface area contributed by atoms with Crippen LogP contribution < -0.4 is 16.0 Å². The Hall–Kier alpha value is -2.54. The highest BCUT2D eigenvalue weighted by molar-refractivity contribution is 8.03. The van der Waals surface area contributed by atoms with E-state index in [1.54, 1.807) is 19.1 Å². The van der Waals surface area contributed by atoms with E-state index in [2.05, 4.69) is 28.6 Å². The SMILES string of the molecule is C[C@@H](O)[C@@H](C(=O)S)[C@@H]1NC(C(=O)O)=C(S[C@@H]2CN[C@H](C(=O)Nc3cccc(C(=O)O)c3)C2)[C@@H]1C. The third-order valence-corrected chi connectivity index (χ3v) is 7.81. The summed E-state index contributed by atoms with van der Waals surface area (Å²) in [5, 5.41) is 36.9. The van der Waals surface area contributed by atoms with E-state index in [1.807, 2.05) is 0 Å². The summed E-state index contributed by atoms with van der Waals surface area (Å²) in [4.78, 5) is 48.2. The number of carbonyl (C=O) groups is 4. The number of hydrogen-bond donors (Lipinski definition) is 7. The van der Waals surface area contributed by atoms with Crippen LogP contribution in [0.2, 0.25) is 0 Å². The van der Waals surface area contributed by atoms with E-state index in [-0.39, 0.29) is 28.3 Å². The van der Waals surface area contributed by atoms with Gasteiger partial charge in [-0.15, -0.1) is 24.4 Å². The Morgan fingerprint density at radius 3 is 2.50 bits per heavy atom. The second-order valence-electron chi connectivity index (χ2n) is 8.42. The summed E-state index contributed by atoms with van der Waals surface area (Å²) in [7, 11) is 0. The largest absolute Gasteiger partial charge is 0.478 e. The number of thioether (sulfide) groups is 1. The molecular weight excluding hydrogens is 482 g/mol. The molecule has 1 aromatic carbocycles. The fourth-order valence-corrected chi connectivity index (χ4v) is 6.11. The summed E-state index contributed by atoms with van der Waals surface area (Å²) >= 11 is 5.21. The van der Waals surface area contributed by atoms with Crippen LogP contribution in [0.25, 0.3) is 0 Å². The van der Waals surface area contributed by atoms with Crippen LogP contribution in [0.5, 0.6) is 0 Å². The summed E-state index contributed by atoms with van der Waals surface area (Å²) in [6.07, 6.45) is -0.584. The smallest absolute Gasteiger partial charge is 0.352 e. The van der Waals surface area contributed by atoms with Gasteiger partial charge in [-0.05, 0) is 31.5 Å². The minimum absolute atomic E-state index is 0.0129. The highest BCUT2D eigenvalue weighted by atomic mass is 32.2. The number of carboxylic acid groups (broad SMARTS) is 2. The van der Waals surface area contributed by atoms with Crippen molar-refractivity contribution in [2.24, 2.45) is 11.8 Å². The van der Waals surface area contributed by atoms with Gasteiger partial charge in [0.25, 0.3) is 0 Å². The molecule has 1 fully saturated rings. The van der Waals surface area contributed by atoms with E-state index >= 15 is 0 Å². The van der Waals surface area contributed by atoms with E-state index in [1.165, 1.54) is 30.8 Å². The van der Waals surface area contributed by atoms with Crippen molar-refractivity contribution in [3.05, 3.63) is 40.4 Å². The normalized spacial score (nSPS) is 26.0. The number of hydrogen-bond acceptors (Lipinski definition) is 8. The first-order chi connectivity index (χ1) is 16.0. The van der Waals surface area contributed by atoms with Crippen LogP contribution in [0.1, 0.15) is 30.6 Å². The van der Waals surface area contributed by atoms with Crippen molar-refractivity contribution >= 4 is 53.0 Å². The van der Waals surface area contributed by atoms with Crippen molar-refractivity contribution in [3.63, 3.8) is 0 Å². The molecule has 0 spiro atoms. The predicted molar refractivity (Wildman–Crippen MR) is 130 cm³/mol. The van der Waals surface area contributed by atoms with Gasteiger partial charge < -0.3 is 31.3 Å². The number of carbonyl (C=O) groups excluding carboxylic acids is 2. The Labute approximate surface area is 206 Å². The van der Waals surface area contributed by atoms with Gasteiger partial charge in [-0.1, -0.05) is 13.0 Å². The van der Waals surface area contributed by atoms with Crippen LogP contribution in [-0.2, 0) is 14.4 Å². The zero-order chi connectivity index (χ0) is 25.2. The Kier molecular flexibility index (Phi) is 8.29. The van der Waals surface area contributed by atoms with E-state index in [0.717, 1.165) is 0 Å². The number of thiol groups is 1. The van der Waals surface area contributed by atoms with Crippen molar-refractivity contribution in [1.29, 1.82) is 0 Å². The number of aromatic carboxylic acids is 1. The molecule has 2 aliphatic rings. The average molecular weight is 510 g/mol. The average Bonchev–Trinajstić information content (AvgIpc) is 3.34. The maximum Gasteiger partial charge on any atom is 0.352 e. The summed E-state index contributed by atoms with van der Waals surface area (Å²) in [6.45, 7) is 3.72. The second kappa shape index (κ2) is 10.8. The number of nitrogens with one attached hydrogen (secondary N) is 3. The monoisotopic (exact) mass is 509 g/mol. The molecule has 0 unspecified atom stereocenters. The van der Waals surface area contributed by atoms with Crippen LogP contribution >= 0.6 is 24.4 Å². The zero-order valence-corrected chi connectivity index (χ0v) is 20.2. The van der Waals surface area contributed by atoms with Crippen molar-refractivity contribution in [2.45, 2.75) is 43.7 Å². The van der Waals surface area contributed by atoms with Gasteiger partial charge in [-0.2, -0.15) is 0 Å². The van der Waals surface area contributed by atoms with E-state index in [4.69, 9.17) is 5.11 Å². The maximum absolute atomic E-state index is 12.7. The van der Waals surface area contributed by atoms with Crippen LogP contribution in [0.15, 0.2) is 34.9 Å². The molecule has 0 saturated carbocycles. The number of amides is 1. The lowest BCUT2D eigenvalue weighted by molar-refractivity contribution is -0.133. The first-order valence-electron chi connectivity index (χ1n) is 10.7. The number of aliphatic hydroxyl groups is 1. The van der Waals surface area contributed by atoms with Crippen LogP contribution in [-0.4, -0.2) is 68.3 Å². The number of benzene rings is 1. The molecule has 3 rings (SSSR count). The van der Waals surface area contributed by atoms with Gasteiger partial charge in [0.05, 0.1) is 23.6 Å². The number of aliphatic carboxylic acids is 1. The predicted octanol–water partition coefficient (Wildman–Crippen LogP) is 1.14. The van der Waals surface area contributed by atoms with Crippen molar-refractivity contribution in [1.82, 2.24) is 10.6 Å². The maximum atomic E-state index is 12.7. The van der Waals surface area contributed by atoms with Gasteiger partial charge >= 0.3 is 11.9 Å². The standard InChI is InChI=1S/C22H27N3O7S2/c1-9-16(15(10(2)26)22(32)33)25-17(21(30)31)18(9)34-13-7-14(23-8-13)19(27)24-12-5-3-4-11(6-12)20(28)29/h3-6,9-10,13-16,23,25-26H,7-8H2,1-2H3,(H,24,27)(H,28,29)(H,30,31)(H,32,33)/t9-,10-,13+,14+,15-,16-/m1/s1. The molecule has 2 heterocycles. The highest BCUT2D eigenvalue weighted by Crippen LogP contribution is 2.42. The molecule has 1 saturated heterocycles. The Balaban J connectivity index is 1.67. The molecule has 10 nitrogen and oxygen atoms in total. The molecule has 6 atom stereocenters. The molecular formula is C22H27N3O7S2. The summed E-state index contributed by atoms with van der Waals surface area (Å²) in [5.74, 6) is -3.81. The van der Waals surface area contributed by atoms with Gasteiger partial charge in [0.15, 0.2) is 5.12 Å². The highest BCUT2D eigenvalue weighted by Gasteiger charge is 2.44. The third kappa shape index (κ3) is 5.74. The van der Waals surface area contributed by atoms with Crippen LogP contribution in [0.3, 0.4) is 0 Å². The lowest BCUT2D eigenvalue weighted by Crippen LogP contribution is -2.44. The minimum Gasteiger partial charge on any atom is -0.478 e. The summed E-state index contributed by atoms with van der Waals surface area (Å²) < 4.78 is 0. The Bertz CT molecular complexity index is 1030. The molecule has 0 bridgehead atoms. The molecule has 0 radical (unpaired) electrons. The number of carboxylic acids is 2.